The standard InChI is InChI=1S/C19H13FO3/c1-12-2-9-18-16(10-12)19(22)14(11-23-18)5-8-17(21)13-3-6-15(20)7-4-13/h2-11H,1H3. The Balaban J connectivity index is 1.94. The van der Waals surface area contributed by atoms with Crippen molar-refractivity contribution in [1.29, 1.82) is 0 Å². The van der Waals surface area contributed by atoms with Crippen LogP contribution in [-0.4, -0.2) is 5.78 Å². The van der Waals surface area contributed by atoms with Crippen LogP contribution in [0.4, 0.5) is 4.39 Å². The van der Waals surface area contributed by atoms with Crippen molar-refractivity contribution in [3.8, 4) is 0 Å². The van der Waals surface area contributed by atoms with Crippen molar-refractivity contribution < 1.29 is 13.6 Å². The zero-order valence-corrected chi connectivity index (χ0v) is 12.4. The normalized spacial score (nSPS) is 11.2. The van der Waals surface area contributed by atoms with Gasteiger partial charge in [-0.25, -0.2) is 4.39 Å². The fourth-order valence-electron chi connectivity index (χ4n) is 2.25. The first-order valence-electron chi connectivity index (χ1n) is 7.05. The number of allylic oxidation sites excluding steroid dienone is 1. The van der Waals surface area contributed by atoms with Crippen LogP contribution < -0.4 is 5.43 Å². The van der Waals surface area contributed by atoms with E-state index in [-0.39, 0.29) is 11.2 Å². The van der Waals surface area contributed by atoms with Crippen LogP contribution in [-0.2, 0) is 0 Å². The maximum atomic E-state index is 12.9. The predicted octanol–water partition coefficient (Wildman–Crippen LogP) is 4.14. The van der Waals surface area contributed by atoms with Crippen LogP contribution in [0.3, 0.4) is 0 Å². The van der Waals surface area contributed by atoms with E-state index in [4.69, 9.17) is 4.42 Å². The molecule has 0 radical (unpaired) electrons. The molecule has 3 rings (SSSR count). The van der Waals surface area contributed by atoms with Crippen molar-refractivity contribution >= 4 is 22.8 Å². The van der Waals surface area contributed by atoms with E-state index in [2.05, 4.69) is 0 Å². The quantitative estimate of drug-likeness (QED) is 0.540. The third kappa shape index (κ3) is 3.11. The summed E-state index contributed by atoms with van der Waals surface area (Å²) in [5.74, 6) is -0.718. The first kappa shape index (κ1) is 14.9. The number of rotatable bonds is 3. The average molecular weight is 308 g/mol. The molecule has 0 bridgehead atoms. The zero-order chi connectivity index (χ0) is 16.4. The maximum absolute atomic E-state index is 12.9. The van der Waals surface area contributed by atoms with Crippen molar-refractivity contribution in [2.24, 2.45) is 0 Å². The lowest BCUT2D eigenvalue weighted by atomic mass is 10.1. The van der Waals surface area contributed by atoms with E-state index in [1.807, 2.05) is 13.0 Å². The number of carbonyl (C=O) groups excluding carboxylic acids is 1. The number of ketones is 1. The highest BCUT2D eigenvalue weighted by atomic mass is 19.1. The smallest absolute Gasteiger partial charge is 0.199 e. The Labute approximate surface area is 131 Å². The monoisotopic (exact) mass is 308 g/mol. The lowest BCUT2D eigenvalue weighted by Gasteiger charge is -2.00. The summed E-state index contributed by atoms with van der Waals surface area (Å²) in [4.78, 5) is 24.4. The molecule has 4 heteroatoms. The molecular formula is C19H13FO3. The van der Waals surface area contributed by atoms with E-state index >= 15 is 0 Å². The molecule has 23 heavy (non-hydrogen) atoms. The van der Waals surface area contributed by atoms with Gasteiger partial charge < -0.3 is 4.42 Å². The Hall–Kier alpha value is -3.01. The highest BCUT2D eigenvalue weighted by molar-refractivity contribution is 6.06. The number of carbonyl (C=O) groups is 1. The molecule has 0 aliphatic carbocycles. The molecule has 0 N–H and O–H groups in total. The molecule has 1 aromatic heterocycles. The topological polar surface area (TPSA) is 47.3 Å². The molecule has 114 valence electrons. The Morgan fingerprint density at radius 2 is 1.87 bits per heavy atom. The number of benzene rings is 2. The summed E-state index contributed by atoms with van der Waals surface area (Å²) in [6.45, 7) is 1.89. The second-order valence-corrected chi connectivity index (χ2v) is 5.22. The van der Waals surface area contributed by atoms with Gasteiger partial charge in [-0.15, -0.1) is 0 Å². The number of hydrogen-bond donors (Lipinski definition) is 0. The Morgan fingerprint density at radius 1 is 1.13 bits per heavy atom. The second kappa shape index (κ2) is 6.01. The Morgan fingerprint density at radius 3 is 2.61 bits per heavy atom. The SMILES string of the molecule is Cc1ccc2occ(C=CC(=O)c3ccc(F)cc3)c(=O)c2c1. The van der Waals surface area contributed by atoms with E-state index < -0.39 is 5.82 Å². The van der Waals surface area contributed by atoms with Gasteiger partial charge in [0.05, 0.1) is 10.9 Å². The summed E-state index contributed by atoms with van der Waals surface area (Å²) in [7, 11) is 0. The minimum atomic E-state index is -0.406. The molecule has 0 fully saturated rings. The Bertz CT molecular complexity index is 966. The van der Waals surface area contributed by atoms with Gasteiger partial charge in [-0.05, 0) is 55.5 Å². The van der Waals surface area contributed by atoms with E-state index in [0.717, 1.165) is 5.56 Å². The lowest BCUT2D eigenvalue weighted by Crippen LogP contribution is -2.05. The van der Waals surface area contributed by atoms with Crippen molar-refractivity contribution in [3.05, 3.63) is 87.5 Å². The third-order valence-corrected chi connectivity index (χ3v) is 3.50. The van der Waals surface area contributed by atoms with E-state index in [1.54, 1.807) is 12.1 Å². The summed E-state index contributed by atoms with van der Waals surface area (Å²) in [5.41, 5.74) is 1.90. The minimum absolute atomic E-state index is 0.196. The van der Waals surface area contributed by atoms with Crippen LogP contribution >= 0.6 is 0 Å². The van der Waals surface area contributed by atoms with Crippen LogP contribution in [0.1, 0.15) is 21.5 Å². The minimum Gasteiger partial charge on any atom is -0.463 e. The van der Waals surface area contributed by atoms with E-state index in [9.17, 15) is 14.0 Å². The van der Waals surface area contributed by atoms with Gasteiger partial charge in [0.2, 0.25) is 0 Å². The van der Waals surface area contributed by atoms with Crippen LogP contribution in [0.5, 0.6) is 0 Å². The van der Waals surface area contributed by atoms with E-state index in [0.29, 0.717) is 22.1 Å². The molecule has 0 atom stereocenters. The fraction of sp³-hybridized carbons (Fsp3) is 0.0526. The molecule has 0 spiro atoms. The highest BCUT2D eigenvalue weighted by Crippen LogP contribution is 2.14. The molecular weight excluding hydrogens is 295 g/mol. The number of halogens is 1. The largest absolute Gasteiger partial charge is 0.463 e. The molecule has 0 saturated heterocycles. The fourth-order valence-corrected chi connectivity index (χ4v) is 2.25. The van der Waals surface area contributed by atoms with Gasteiger partial charge in [-0.2, -0.15) is 0 Å². The molecule has 0 amide bonds. The van der Waals surface area contributed by atoms with Gasteiger partial charge in [0.1, 0.15) is 17.7 Å². The van der Waals surface area contributed by atoms with Crippen LogP contribution in [0.2, 0.25) is 0 Å². The molecule has 2 aromatic carbocycles. The summed E-state index contributed by atoms with van der Waals surface area (Å²) in [6, 6.07) is 10.6. The molecule has 3 aromatic rings. The average Bonchev–Trinajstić information content (AvgIpc) is 2.55. The van der Waals surface area contributed by atoms with Crippen LogP contribution in [0.25, 0.3) is 17.0 Å². The first-order chi connectivity index (χ1) is 11.0. The van der Waals surface area contributed by atoms with Crippen LogP contribution in [0, 0.1) is 12.7 Å². The number of aryl methyl sites for hydroxylation is 1. The van der Waals surface area contributed by atoms with E-state index in [1.165, 1.54) is 42.7 Å². The summed E-state index contributed by atoms with van der Waals surface area (Å²) >= 11 is 0. The summed E-state index contributed by atoms with van der Waals surface area (Å²) < 4.78 is 18.3. The Kier molecular flexibility index (Phi) is 3.89. The first-order valence-corrected chi connectivity index (χ1v) is 7.05. The summed E-state index contributed by atoms with van der Waals surface area (Å²) in [6.07, 6.45) is 4.02. The summed E-state index contributed by atoms with van der Waals surface area (Å²) in [5, 5.41) is 0.474. The number of hydrogen-bond acceptors (Lipinski definition) is 3. The van der Waals surface area contributed by atoms with Gasteiger partial charge in [0, 0.05) is 5.56 Å². The zero-order valence-electron chi connectivity index (χ0n) is 12.4. The van der Waals surface area contributed by atoms with Crippen molar-refractivity contribution in [3.63, 3.8) is 0 Å². The van der Waals surface area contributed by atoms with Crippen molar-refractivity contribution in [2.45, 2.75) is 6.92 Å². The van der Waals surface area contributed by atoms with Gasteiger partial charge in [-0.3, -0.25) is 9.59 Å². The van der Waals surface area contributed by atoms with Crippen molar-refractivity contribution in [2.75, 3.05) is 0 Å². The van der Waals surface area contributed by atoms with Gasteiger partial charge in [0.15, 0.2) is 11.2 Å². The molecule has 1 heterocycles. The maximum Gasteiger partial charge on any atom is 0.199 e. The van der Waals surface area contributed by atoms with Crippen molar-refractivity contribution in [1.82, 2.24) is 0 Å². The number of fused-ring (bicyclic) bond motifs is 1. The van der Waals surface area contributed by atoms with Gasteiger partial charge >= 0.3 is 0 Å². The third-order valence-electron chi connectivity index (χ3n) is 3.50. The van der Waals surface area contributed by atoms with Crippen LogP contribution in [0.15, 0.2) is 64.0 Å². The molecule has 0 unspecified atom stereocenters. The molecule has 0 aliphatic heterocycles. The molecule has 3 nitrogen and oxygen atoms in total. The second-order valence-electron chi connectivity index (χ2n) is 5.22. The molecule has 0 saturated carbocycles. The highest BCUT2D eigenvalue weighted by Gasteiger charge is 2.06. The molecule has 0 aliphatic rings. The van der Waals surface area contributed by atoms with Gasteiger partial charge in [0.25, 0.3) is 0 Å². The predicted molar refractivity (Wildman–Crippen MR) is 87.0 cm³/mol. The lowest BCUT2D eigenvalue weighted by molar-refractivity contribution is 0.104. The van der Waals surface area contributed by atoms with Gasteiger partial charge in [-0.1, -0.05) is 11.6 Å².